The van der Waals surface area contributed by atoms with E-state index in [1.165, 1.54) is 0 Å². The first-order valence-corrected chi connectivity index (χ1v) is 9.80. The molecule has 3 aliphatic heterocycles. The lowest BCUT2D eigenvalue weighted by Gasteiger charge is -2.29. The van der Waals surface area contributed by atoms with Crippen molar-refractivity contribution in [2.24, 2.45) is 0 Å². The van der Waals surface area contributed by atoms with E-state index in [0.29, 0.717) is 37.2 Å². The Bertz CT molecular complexity index is 778. The predicted octanol–water partition coefficient (Wildman–Crippen LogP) is 0.678. The predicted molar refractivity (Wildman–Crippen MR) is 99.8 cm³/mol. The minimum atomic E-state index is -0.563. The van der Waals surface area contributed by atoms with E-state index in [1.54, 1.807) is 4.90 Å². The Kier molecular flexibility index (Phi) is 4.97. The standard InChI is InChI=1S/C20H26N4O3/c1-2-15-16(8-9-21-15)22-10-12-4-3-5-13-14(12)11-24(20(13)27)17-6-7-18(25)23-19(17)26/h3-5,15-17,21-22H,2,6-11H2,1H3,(H,23,25,26)/t15-,16+,17?/m0/s1. The summed E-state index contributed by atoms with van der Waals surface area (Å²) in [6.45, 7) is 4.36. The molecule has 1 unspecified atom stereocenters. The van der Waals surface area contributed by atoms with Crippen LogP contribution < -0.4 is 16.0 Å². The number of hydrogen-bond donors (Lipinski definition) is 3. The SMILES string of the molecule is CC[C@@H]1NCC[C@H]1NCc1cccc2c1CN(C1CCC(=O)NC1=O)C2=O. The van der Waals surface area contributed by atoms with Gasteiger partial charge in [-0.3, -0.25) is 19.7 Å². The number of imide groups is 1. The maximum Gasteiger partial charge on any atom is 0.255 e. The number of piperidine rings is 1. The van der Waals surface area contributed by atoms with E-state index >= 15 is 0 Å². The van der Waals surface area contributed by atoms with Gasteiger partial charge in [0.15, 0.2) is 0 Å². The summed E-state index contributed by atoms with van der Waals surface area (Å²) in [4.78, 5) is 38.1. The first kappa shape index (κ1) is 18.1. The maximum atomic E-state index is 12.9. The molecule has 7 heteroatoms. The summed E-state index contributed by atoms with van der Waals surface area (Å²) in [5.74, 6) is -0.744. The van der Waals surface area contributed by atoms with E-state index in [9.17, 15) is 14.4 Å². The van der Waals surface area contributed by atoms with Crippen molar-refractivity contribution >= 4 is 17.7 Å². The fraction of sp³-hybridized carbons (Fsp3) is 0.550. The van der Waals surface area contributed by atoms with Gasteiger partial charge >= 0.3 is 0 Å². The number of carbonyl (C=O) groups is 3. The molecule has 2 fully saturated rings. The monoisotopic (exact) mass is 370 g/mol. The first-order chi connectivity index (χ1) is 13.1. The van der Waals surface area contributed by atoms with Crippen LogP contribution >= 0.6 is 0 Å². The number of benzene rings is 1. The van der Waals surface area contributed by atoms with Crippen LogP contribution in [0.15, 0.2) is 18.2 Å². The van der Waals surface area contributed by atoms with Gasteiger partial charge in [-0.25, -0.2) is 0 Å². The average Bonchev–Trinajstić information content (AvgIpc) is 3.25. The highest BCUT2D eigenvalue weighted by Crippen LogP contribution is 2.30. The van der Waals surface area contributed by atoms with Crippen molar-refractivity contribution in [3.05, 3.63) is 34.9 Å². The molecule has 0 bridgehead atoms. The largest absolute Gasteiger partial charge is 0.322 e. The lowest BCUT2D eigenvalue weighted by molar-refractivity contribution is -0.136. The first-order valence-electron chi connectivity index (χ1n) is 9.80. The summed E-state index contributed by atoms with van der Waals surface area (Å²) in [6, 6.07) is 6.16. The summed E-state index contributed by atoms with van der Waals surface area (Å²) in [5.41, 5.74) is 2.78. The van der Waals surface area contributed by atoms with Crippen LogP contribution in [0.1, 0.15) is 54.1 Å². The van der Waals surface area contributed by atoms with E-state index in [2.05, 4.69) is 28.9 Å². The van der Waals surface area contributed by atoms with Gasteiger partial charge in [0.05, 0.1) is 0 Å². The number of carbonyl (C=O) groups excluding carboxylic acids is 3. The van der Waals surface area contributed by atoms with Crippen molar-refractivity contribution in [1.82, 2.24) is 20.9 Å². The number of hydrogen-bond acceptors (Lipinski definition) is 5. The van der Waals surface area contributed by atoms with Gasteiger partial charge < -0.3 is 15.5 Å². The molecule has 7 nitrogen and oxygen atoms in total. The van der Waals surface area contributed by atoms with Crippen LogP contribution in [0.25, 0.3) is 0 Å². The van der Waals surface area contributed by atoms with Gasteiger partial charge in [0.1, 0.15) is 6.04 Å². The molecule has 2 saturated heterocycles. The fourth-order valence-electron chi connectivity index (χ4n) is 4.50. The third-order valence-corrected chi connectivity index (χ3v) is 6.02. The summed E-state index contributed by atoms with van der Waals surface area (Å²) in [7, 11) is 0. The van der Waals surface area contributed by atoms with Gasteiger partial charge in [-0.1, -0.05) is 19.1 Å². The van der Waals surface area contributed by atoms with Crippen LogP contribution in [-0.4, -0.2) is 47.3 Å². The van der Waals surface area contributed by atoms with E-state index in [4.69, 9.17) is 0 Å². The zero-order valence-corrected chi connectivity index (χ0v) is 15.6. The Morgan fingerprint density at radius 1 is 1.22 bits per heavy atom. The Hall–Kier alpha value is -2.25. The Morgan fingerprint density at radius 3 is 2.85 bits per heavy atom. The molecule has 3 amide bonds. The minimum absolute atomic E-state index is 0.115. The summed E-state index contributed by atoms with van der Waals surface area (Å²) in [5, 5.41) is 9.50. The number of amides is 3. The van der Waals surface area contributed by atoms with Crippen molar-refractivity contribution < 1.29 is 14.4 Å². The maximum absolute atomic E-state index is 12.9. The van der Waals surface area contributed by atoms with Crippen molar-refractivity contribution in [3.8, 4) is 0 Å². The molecule has 3 aliphatic rings. The Labute approximate surface area is 158 Å². The number of nitrogens with zero attached hydrogens (tertiary/aromatic N) is 1. The summed E-state index contributed by atoms with van der Waals surface area (Å²) >= 11 is 0. The van der Waals surface area contributed by atoms with Crippen LogP contribution in [0.3, 0.4) is 0 Å². The van der Waals surface area contributed by atoms with Crippen LogP contribution in [0.5, 0.6) is 0 Å². The molecule has 3 atom stereocenters. The molecule has 3 N–H and O–H groups in total. The van der Waals surface area contributed by atoms with Crippen LogP contribution in [-0.2, 0) is 22.7 Å². The van der Waals surface area contributed by atoms with E-state index in [-0.39, 0.29) is 24.1 Å². The second-order valence-corrected chi connectivity index (χ2v) is 7.59. The lowest BCUT2D eigenvalue weighted by Crippen LogP contribution is -2.52. The molecule has 4 rings (SSSR count). The normalized spacial score (nSPS) is 27.8. The number of nitrogens with one attached hydrogen (secondary N) is 3. The molecular formula is C20H26N4O3. The quantitative estimate of drug-likeness (QED) is 0.663. The second kappa shape index (κ2) is 7.40. The molecule has 1 aromatic rings. The molecule has 27 heavy (non-hydrogen) atoms. The summed E-state index contributed by atoms with van der Waals surface area (Å²) in [6.07, 6.45) is 2.86. The van der Waals surface area contributed by atoms with E-state index in [1.807, 2.05) is 12.1 Å². The molecule has 1 aromatic carbocycles. The molecular weight excluding hydrogens is 344 g/mol. The van der Waals surface area contributed by atoms with Gasteiger partial charge in [-0.15, -0.1) is 0 Å². The van der Waals surface area contributed by atoms with E-state index < -0.39 is 6.04 Å². The van der Waals surface area contributed by atoms with Gasteiger partial charge in [0.2, 0.25) is 11.8 Å². The number of fused-ring (bicyclic) bond motifs is 1. The Morgan fingerprint density at radius 2 is 2.07 bits per heavy atom. The van der Waals surface area contributed by atoms with Crippen LogP contribution in [0.2, 0.25) is 0 Å². The van der Waals surface area contributed by atoms with Gasteiger partial charge in [-0.2, -0.15) is 0 Å². The zero-order valence-electron chi connectivity index (χ0n) is 15.6. The lowest BCUT2D eigenvalue weighted by atomic mass is 10.0. The molecule has 3 heterocycles. The van der Waals surface area contributed by atoms with Crippen molar-refractivity contribution in [3.63, 3.8) is 0 Å². The molecule has 0 aromatic heterocycles. The van der Waals surface area contributed by atoms with Gasteiger partial charge in [-0.05, 0) is 43.0 Å². The molecule has 0 spiro atoms. The third-order valence-electron chi connectivity index (χ3n) is 6.02. The van der Waals surface area contributed by atoms with E-state index in [0.717, 1.165) is 30.5 Å². The van der Waals surface area contributed by atoms with Gasteiger partial charge in [0.25, 0.3) is 5.91 Å². The molecule has 0 aliphatic carbocycles. The highest BCUT2D eigenvalue weighted by Gasteiger charge is 2.39. The molecule has 0 saturated carbocycles. The minimum Gasteiger partial charge on any atom is -0.322 e. The van der Waals surface area contributed by atoms with Gasteiger partial charge in [0, 0.05) is 37.2 Å². The van der Waals surface area contributed by atoms with Crippen LogP contribution in [0.4, 0.5) is 0 Å². The zero-order chi connectivity index (χ0) is 19.0. The average molecular weight is 370 g/mol. The summed E-state index contributed by atoms with van der Waals surface area (Å²) < 4.78 is 0. The topological polar surface area (TPSA) is 90.5 Å². The Balaban J connectivity index is 1.49. The van der Waals surface area contributed by atoms with Crippen molar-refractivity contribution in [1.29, 1.82) is 0 Å². The molecule has 0 radical (unpaired) electrons. The smallest absolute Gasteiger partial charge is 0.255 e. The van der Waals surface area contributed by atoms with Crippen LogP contribution in [0, 0.1) is 0 Å². The fourth-order valence-corrected chi connectivity index (χ4v) is 4.50. The highest BCUT2D eigenvalue weighted by molar-refractivity contribution is 6.05. The highest BCUT2D eigenvalue weighted by atomic mass is 16.2. The van der Waals surface area contributed by atoms with Crippen molar-refractivity contribution in [2.45, 2.75) is 63.8 Å². The second-order valence-electron chi connectivity index (χ2n) is 7.59. The number of rotatable bonds is 5. The third kappa shape index (κ3) is 3.37. The molecule has 144 valence electrons. The van der Waals surface area contributed by atoms with Crippen molar-refractivity contribution in [2.75, 3.05) is 6.54 Å².